The Hall–Kier alpha value is -2.16. The van der Waals surface area contributed by atoms with Gasteiger partial charge in [-0.3, -0.25) is 0 Å². The molecule has 0 spiro atoms. The normalized spacial score (nSPS) is 16.7. The van der Waals surface area contributed by atoms with Gasteiger partial charge in [0.25, 0.3) is 0 Å². The lowest BCUT2D eigenvalue weighted by Crippen LogP contribution is -2.24. The number of hydrogen-bond donors (Lipinski definition) is 1. The van der Waals surface area contributed by atoms with Crippen LogP contribution in [-0.2, 0) is 0 Å². The molecule has 21 heavy (non-hydrogen) atoms. The van der Waals surface area contributed by atoms with Crippen LogP contribution in [0.5, 0.6) is 11.5 Å². The molecule has 0 aliphatic carbocycles. The molecule has 0 radical (unpaired) electrons. The van der Waals surface area contributed by atoms with Crippen molar-refractivity contribution >= 4 is 5.69 Å². The van der Waals surface area contributed by atoms with Crippen LogP contribution < -0.4 is 14.8 Å². The number of ether oxygens (including phenoxy) is 2. The third kappa shape index (κ3) is 2.56. The van der Waals surface area contributed by atoms with Gasteiger partial charge in [0.1, 0.15) is 17.6 Å². The van der Waals surface area contributed by atoms with Crippen molar-refractivity contribution in [1.29, 1.82) is 0 Å². The number of benzene rings is 2. The second-order valence-corrected chi connectivity index (χ2v) is 5.69. The van der Waals surface area contributed by atoms with E-state index in [4.69, 9.17) is 9.47 Å². The molecule has 1 atom stereocenters. The van der Waals surface area contributed by atoms with Crippen LogP contribution in [0.15, 0.2) is 30.3 Å². The summed E-state index contributed by atoms with van der Waals surface area (Å²) in [5, 5.41) is 3.48. The molecule has 3 nitrogen and oxygen atoms in total. The molecular weight excluding hydrogens is 262 g/mol. The van der Waals surface area contributed by atoms with Gasteiger partial charge in [-0.1, -0.05) is 17.7 Å². The predicted molar refractivity (Wildman–Crippen MR) is 85.5 cm³/mol. The molecule has 1 unspecified atom stereocenters. The zero-order valence-electron chi connectivity index (χ0n) is 13.0. The number of nitrogens with one attached hydrogen (secondary N) is 1. The topological polar surface area (TPSA) is 30.5 Å². The fourth-order valence-corrected chi connectivity index (χ4v) is 2.91. The monoisotopic (exact) mass is 283 g/mol. The smallest absolute Gasteiger partial charge is 0.146 e. The maximum absolute atomic E-state index is 6.26. The van der Waals surface area contributed by atoms with Crippen LogP contribution in [0.3, 0.4) is 0 Å². The van der Waals surface area contributed by atoms with Gasteiger partial charge in [0.15, 0.2) is 0 Å². The first kappa shape index (κ1) is 13.8. The molecule has 0 bridgehead atoms. The predicted octanol–water partition coefficient (Wildman–Crippen LogP) is 4.17. The molecule has 1 heterocycles. The van der Waals surface area contributed by atoms with Crippen LogP contribution in [0.2, 0.25) is 0 Å². The quantitative estimate of drug-likeness (QED) is 0.897. The summed E-state index contributed by atoms with van der Waals surface area (Å²) in [6.45, 7) is 7.02. The summed E-state index contributed by atoms with van der Waals surface area (Å²) in [4.78, 5) is 0. The first-order valence-electron chi connectivity index (χ1n) is 7.25. The Labute approximate surface area is 125 Å². The van der Waals surface area contributed by atoms with Gasteiger partial charge in [-0.15, -0.1) is 0 Å². The molecule has 1 aliphatic heterocycles. The molecule has 110 valence electrons. The first-order chi connectivity index (χ1) is 10.1. The Balaban J connectivity index is 1.98. The summed E-state index contributed by atoms with van der Waals surface area (Å²) in [5.74, 6) is 1.82. The van der Waals surface area contributed by atoms with E-state index in [-0.39, 0.29) is 6.10 Å². The van der Waals surface area contributed by atoms with Gasteiger partial charge >= 0.3 is 0 Å². The van der Waals surface area contributed by atoms with Crippen molar-refractivity contribution in [2.24, 2.45) is 0 Å². The summed E-state index contributed by atoms with van der Waals surface area (Å²) in [5.41, 5.74) is 5.79. The molecular formula is C18H21NO2. The van der Waals surface area contributed by atoms with Gasteiger partial charge in [0.05, 0.1) is 19.3 Å². The highest BCUT2D eigenvalue weighted by Gasteiger charge is 2.25. The lowest BCUT2D eigenvalue weighted by Gasteiger charge is -2.30. The van der Waals surface area contributed by atoms with E-state index in [0.29, 0.717) is 0 Å². The fraction of sp³-hybridized carbons (Fsp3) is 0.333. The van der Waals surface area contributed by atoms with Crippen molar-refractivity contribution in [2.45, 2.75) is 26.9 Å². The Kier molecular flexibility index (Phi) is 3.50. The summed E-state index contributed by atoms with van der Waals surface area (Å²) in [6, 6.07) is 10.5. The average Bonchev–Trinajstić information content (AvgIpc) is 2.47. The minimum atomic E-state index is -0.0336. The second-order valence-electron chi connectivity index (χ2n) is 5.69. The summed E-state index contributed by atoms with van der Waals surface area (Å²) in [7, 11) is 1.70. The van der Waals surface area contributed by atoms with Crippen molar-refractivity contribution in [3.05, 3.63) is 52.6 Å². The van der Waals surface area contributed by atoms with Gasteiger partial charge in [-0.25, -0.2) is 0 Å². The Morgan fingerprint density at radius 1 is 1.10 bits per heavy atom. The maximum atomic E-state index is 6.26. The number of aryl methyl sites for hydroxylation is 3. The van der Waals surface area contributed by atoms with Crippen molar-refractivity contribution in [2.75, 3.05) is 19.0 Å². The number of anilines is 1. The highest BCUT2D eigenvalue weighted by molar-refractivity contribution is 5.63. The van der Waals surface area contributed by atoms with Crippen LogP contribution in [0.4, 0.5) is 5.69 Å². The molecule has 0 fully saturated rings. The lowest BCUT2D eigenvalue weighted by atomic mass is 10.0. The van der Waals surface area contributed by atoms with Crippen LogP contribution in [0, 0.1) is 20.8 Å². The van der Waals surface area contributed by atoms with Gasteiger partial charge in [-0.2, -0.15) is 0 Å². The molecule has 0 saturated heterocycles. The Bertz CT molecular complexity index is 679. The molecule has 0 saturated carbocycles. The van der Waals surface area contributed by atoms with E-state index in [9.17, 15) is 0 Å². The van der Waals surface area contributed by atoms with E-state index >= 15 is 0 Å². The van der Waals surface area contributed by atoms with Crippen LogP contribution >= 0.6 is 0 Å². The third-order valence-electron chi connectivity index (χ3n) is 3.89. The van der Waals surface area contributed by atoms with E-state index in [1.165, 1.54) is 11.1 Å². The first-order valence-corrected chi connectivity index (χ1v) is 7.25. The highest BCUT2D eigenvalue weighted by atomic mass is 16.5. The van der Waals surface area contributed by atoms with Gasteiger partial charge in [0.2, 0.25) is 0 Å². The molecule has 3 heteroatoms. The van der Waals surface area contributed by atoms with Crippen molar-refractivity contribution in [3.63, 3.8) is 0 Å². The highest BCUT2D eigenvalue weighted by Crippen LogP contribution is 2.39. The molecule has 2 aromatic carbocycles. The van der Waals surface area contributed by atoms with E-state index < -0.39 is 0 Å². The molecule has 0 amide bonds. The molecule has 1 N–H and O–H groups in total. The third-order valence-corrected chi connectivity index (χ3v) is 3.89. The van der Waals surface area contributed by atoms with Gasteiger partial charge < -0.3 is 14.8 Å². The summed E-state index contributed by atoms with van der Waals surface area (Å²) >= 11 is 0. The lowest BCUT2D eigenvalue weighted by molar-refractivity contribution is 0.204. The van der Waals surface area contributed by atoms with E-state index in [1.807, 2.05) is 6.07 Å². The molecule has 2 aromatic rings. The fourth-order valence-electron chi connectivity index (χ4n) is 2.91. The second kappa shape index (κ2) is 5.32. The van der Waals surface area contributed by atoms with E-state index in [0.717, 1.165) is 34.9 Å². The summed E-state index contributed by atoms with van der Waals surface area (Å²) in [6.07, 6.45) is -0.0336. The molecule has 1 aliphatic rings. The minimum absolute atomic E-state index is 0.0336. The number of methoxy groups -OCH3 is 1. The Morgan fingerprint density at radius 2 is 1.90 bits per heavy atom. The average molecular weight is 283 g/mol. The SMILES string of the molecule is COc1ccc(C)cc1C1CNc2cc(C)cc(C)c2O1. The number of hydrogen-bond acceptors (Lipinski definition) is 3. The summed E-state index contributed by atoms with van der Waals surface area (Å²) < 4.78 is 11.7. The zero-order valence-corrected chi connectivity index (χ0v) is 13.0. The van der Waals surface area contributed by atoms with E-state index in [1.54, 1.807) is 7.11 Å². The zero-order chi connectivity index (χ0) is 15.0. The maximum Gasteiger partial charge on any atom is 0.146 e. The number of fused-ring (bicyclic) bond motifs is 1. The molecule has 0 aromatic heterocycles. The largest absolute Gasteiger partial charge is 0.496 e. The molecule has 3 rings (SSSR count). The van der Waals surface area contributed by atoms with Crippen LogP contribution in [0.1, 0.15) is 28.4 Å². The van der Waals surface area contributed by atoms with Gasteiger partial charge in [-0.05, 0) is 50.1 Å². The standard InChI is InChI=1S/C18H21NO2/c1-11-5-6-16(20-4)14(8-11)17-10-19-15-9-12(2)7-13(3)18(15)21-17/h5-9,17,19H,10H2,1-4H3. The minimum Gasteiger partial charge on any atom is -0.496 e. The van der Waals surface area contributed by atoms with Crippen molar-refractivity contribution in [1.82, 2.24) is 0 Å². The number of rotatable bonds is 2. The van der Waals surface area contributed by atoms with Gasteiger partial charge in [0, 0.05) is 5.56 Å². The van der Waals surface area contributed by atoms with Crippen molar-refractivity contribution in [3.8, 4) is 11.5 Å². The van der Waals surface area contributed by atoms with Crippen LogP contribution in [0.25, 0.3) is 0 Å². The van der Waals surface area contributed by atoms with Crippen LogP contribution in [-0.4, -0.2) is 13.7 Å². The van der Waals surface area contributed by atoms with E-state index in [2.05, 4.69) is 50.4 Å². The van der Waals surface area contributed by atoms with Crippen molar-refractivity contribution < 1.29 is 9.47 Å². The Morgan fingerprint density at radius 3 is 2.67 bits per heavy atom.